The van der Waals surface area contributed by atoms with E-state index < -0.39 is 0 Å². The van der Waals surface area contributed by atoms with Gasteiger partial charge in [0.05, 0.1) is 0 Å². The van der Waals surface area contributed by atoms with Gasteiger partial charge in [-0.3, -0.25) is 0 Å². The Balaban J connectivity index is 2.12. The lowest BCUT2D eigenvalue weighted by Gasteiger charge is -2.40. The zero-order chi connectivity index (χ0) is 10.8. The SMILES string of the molecule is CCc1cc(N2CC(NC)C2)nc(N)n1. The third-order valence-corrected chi connectivity index (χ3v) is 2.76. The number of aromatic nitrogens is 2. The first-order chi connectivity index (χ1) is 7.22. The highest BCUT2D eigenvalue weighted by Gasteiger charge is 2.26. The van der Waals surface area contributed by atoms with Crippen molar-refractivity contribution < 1.29 is 0 Å². The normalized spacial score (nSPS) is 16.5. The van der Waals surface area contributed by atoms with Gasteiger partial charge in [-0.2, -0.15) is 4.98 Å². The van der Waals surface area contributed by atoms with Gasteiger partial charge in [-0.25, -0.2) is 4.98 Å². The first kappa shape index (κ1) is 10.2. The molecule has 0 aromatic carbocycles. The van der Waals surface area contributed by atoms with Crippen molar-refractivity contribution >= 4 is 11.8 Å². The van der Waals surface area contributed by atoms with Crippen LogP contribution in [0.25, 0.3) is 0 Å². The molecule has 0 spiro atoms. The monoisotopic (exact) mass is 207 g/mol. The molecule has 1 aliphatic rings. The van der Waals surface area contributed by atoms with Gasteiger partial charge in [0.15, 0.2) is 0 Å². The van der Waals surface area contributed by atoms with Gasteiger partial charge in [-0.1, -0.05) is 6.92 Å². The van der Waals surface area contributed by atoms with E-state index in [9.17, 15) is 0 Å². The molecule has 1 aromatic rings. The standard InChI is InChI=1S/C10H17N5/c1-3-7-4-9(14-10(11)13-7)15-5-8(6-15)12-2/h4,8,12H,3,5-6H2,1-2H3,(H2,11,13,14). The number of nitrogens with zero attached hydrogens (tertiary/aromatic N) is 3. The Kier molecular flexibility index (Phi) is 2.73. The Morgan fingerprint density at radius 3 is 2.87 bits per heavy atom. The molecule has 0 bridgehead atoms. The third kappa shape index (κ3) is 2.02. The van der Waals surface area contributed by atoms with Crippen LogP contribution in [0.3, 0.4) is 0 Å². The molecular weight excluding hydrogens is 190 g/mol. The highest BCUT2D eigenvalue weighted by molar-refractivity contribution is 5.46. The first-order valence-electron chi connectivity index (χ1n) is 5.28. The molecule has 1 saturated heterocycles. The van der Waals surface area contributed by atoms with Gasteiger partial charge in [-0.05, 0) is 13.5 Å². The van der Waals surface area contributed by atoms with Crippen molar-refractivity contribution in [1.29, 1.82) is 0 Å². The lowest BCUT2D eigenvalue weighted by molar-refractivity contribution is 0.447. The fraction of sp³-hybridized carbons (Fsp3) is 0.600. The molecule has 3 N–H and O–H groups in total. The van der Waals surface area contributed by atoms with Gasteiger partial charge in [-0.15, -0.1) is 0 Å². The highest BCUT2D eigenvalue weighted by Crippen LogP contribution is 2.19. The van der Waals surface area contributed by atoms with Gasteiger partial charge in [0.1, 0.15) is 5.82 Å². The smallest absolute Gasteiger partial charge is 0.222 e. The predicted octanol–water partition coefficient (Wildman–Crippen LogP) is 0.0292. The number of likely N-dealkylation sites (N-methyl/N-ethyl adjacent to an activating group) is 1. The minimum absolute atomic E-state index is 0.372. The van der Waals surface area contributed by atoms with E-state index in [-0.39, 0.29) is 0 Å². The minimum atomic E-state index is 0.372. The largest absolute Gasteiger partial charge is 0.368 e. The number of hydrogen-bond donors (Lipinski definition) is 2. The summed E-state index contributed by atoms with van der Waals surface area (Å²) in [6.45, 7) is 4.06. The topological polar surface area (TPSA) is 67.1 Å². The molecule has 0 amide bonds. The molecule has 0 aliphatic carbocycles. The third-order valence-electron chi connectivity index (χ3n) is 2.76. The van der Waals surface area contributed by atoms with Crippen molar-refractivity contribution in [1.82, 2.24) is 15.3 Å². The van der Waals surface area contributed by atoms with Crippen molar-refractivity contribution in [2.45, 2.75) is 19.4 Å². The molecule has 5 nitrogen and oxygen atoms in total. The van der Waals surface area contributed by atoms with Gasteiger partial charge in [0.25, 0.3) is 0 Å². The van der Waals surface area contributed by atoms with Gasteiger partial charge >= 0.3 is 0 Å². The van der Waals surface area contributed by atoms with Crippen LogP contribution in [0.5, 0.6) is 0 Å². The van der Waals surface area contributed by atoms with Crippen LogP contribution in [-0.4, -0.2) is 36.1 Å². The van der Waals surface area contributed by atoms with Crippen molar-refractivity contribution in [3.63, 3.8) is 0 Å². The van der Waals surface area contributed by atoms with Gasteiger partial charge in [0, 0.05) is 30.9 Å². The van der Waals surface area contributed by atoms with Crippen LogP contribution in [0.15, 0.2) is 6.07 Å². The van der Waals surface area contributed by atoms with Crippen LogP contribution in [0.4, 0.5) is 11.8 Å². The highest BCUT2D eigenvalue weighted by atomic mass is 15.3. The van der Waals surface area contributed by atoms with Gasteiger partial charge < -0.3 is 16.0 Å². The molecule has 0 atom stereocenters. The number of hydrogen-bond acceptors (Lipinski definition) is 5. The van der Waals surface area contributed by atoms with E-state index in [1.54, 1.807) is 0 Å². The zero-order valence-corrected chi connectivity index (χ0v) is 9.20. The maximum Gasteiger partial charge on any atom is 0.222 e. The Hall–Kier alpha value is -1.36. The molecule has 0 radical (unpaired) electrons. The summed E-state index contributed by atoms with van der Waals surface area (Å²) in [4.78, 5) is 10.6. The summed E-state index contributed by atoms with van der Waals surface area (Å²) < 4.78 is 0. The fourth-order valence-electron chi connectivity index (χ4n) is 1.69. The molecule has 1 aromatic heterocycles. The van der Waals surface area contributed by atoms with E-state index in [2.05, 4.69) is 27.1 Å². The molecule has 1 aliphatic heterocycles. The second-order valence-corrected chi connectivity index (χ2v) is 3.82. The second-order valence-electron chi connectivity index (χ2n) is 3.82. The first-order valence-corrected chi connectivity index (χ1v) is 5.28. The maximum atomic E-state index is 5.65. The van der Waals surface area contributed by atoms with Crippen LogP contribution in [0, 0.1) is 0 Å². The van der Waals surface area contributed by atoms with Crippen LogP contribution in [0.2, 0.25) is 0 Å². The molecule has 2 rings (SSSR count). The number of aryl methyl sites for hydroxylation is 1. The molecule has 0 saturated carbocycles. The maximum absolute atomic E-state index is 5.65. The molecule has 2 heterocycles. The summed E-state index contributed by atoms with van der Waals surface area (Å²) >= 11 is 0. The zero-order valence-electron chi connectivity index (χ0n) is 9.20. The number of nitrogens with two attached hydrogens (primary N) is 1. The molecule has 15 heavy (non-hydrogen) atoms. The lowest BCUT2D eigenvalue weighted by Crippen LogP contribution is -2.57. The van der Waals surface area contributed by atoms with E-state index in [0.717, 1.165) is 31.0 Å². The summed E-state index contributed by atoms with van der Waals surface area (Å²) in [6, 6.07) is 2.59. The summed E-state index contributed by atoms with van der Waals surface area (Å²) in [5, 5.41) is 3.23. The van der Waals surface area contributed by atoms with E-state index in [0.29, 0.717) is 12.0 Å². The lowest BCUT2D eigenvalue weighted by atomic mass is 10.1. The number of nitrogen functional groups attached to an aromatic ring is 1. The molecule has 1 fully saturated rings. The quantitative estimate of drug-likeness (QED) is 0.732. The van der Waals surface area contributed by atoms with Gasteiger partial charge in [0.2, 0.25) is 5.95 Å². The molecule has 0 unspecified atom stereocenters. The van der Waals surface area contributed by atoms with E-state index >= 15 is 0 Å². The molecular formula is C10H17N5. The summed E-state index contributed by atoms with van der Waals surface area (Å²) in [6.07, 6.45) is 0.892. The van der Waals surface area contributed by atoms with E-state index in [1.807, 2.05) is 13.1 Å². The second kappa shape index (κ2) is 4.02. The molecule has 82 valence electrons. The van der Waals surface area contributed by atoms with E-state index in [4.69, 9.17) is 5.73 Å². The molecule has 5 heteroatoms. The van der Waals surface area contributed by atoms with Crippen molar-refractivity contribution in [3.8, 4) is 0 Å². The Bertz CT molecular complexity index is 346. The van der Waals surface area contributed by atoms with Crippen molar-refractivity contribution in [3.05, 3.63) is 11.8 Å². The predicted molar refractivity (Wildman–Crippen MR) is 60.9 cm³/mol. The summed E-state index contributed by atoms with van der Waals surface area (Å²) in [7, 11) is 1.98. The van der Waals surface area contributed by atoms with Crippen LogP contribution in [-0.2, 0) is 6.42 Å². The Morgan fingerprint density at radius 1 is 1.53 bits per heavy atom. The van der Waals surface area contributed by atoms with E-state index in [1.165, 1.54) is 0 Å². The van der Waals surface area contributed by atoms with Crippen LogP contribution >= 0.6 is 0 Å². The van der Waals surface area contributed by atoms with Crippen molar-refractivity contribution in [2.24, 2.45) is 0 Å². The summed E-state index contributed by atoms with van der Waals surface area (Å²) in [5.41, 5.74) is 6.66. The number of anilines is 2. The average Bonchev–Trinajstić information content (AvgIpc) is 2.15. The Labute approximate surface area is 89.7 Å². The fourth-order valence-corrected chi connectivity index (χ4v) is 1.69. The summed E-state index contributed by atoms with van der Waals surface area (Å²) in [5.74, 6) is 1.32. The Morgan fingerprint density at radius 2 is 2.27 bits per heavy atom. The number of nitrogens with one attached hydrogen (secondary N) is 1. The minimum Gasteiger partial charge on any atom is -0.368 e. The van der Waals surface area contributed by atoms with Crippen molar-refractivity contribution in [2.75, 3.05) is 30.8 Å². The average molecular weight is 207 g/mol. The van der Waals surface area contributed by atoms with Crippen LogP contribution in [0.1, 0.15) is 12.6 Å². The number of rotatable bonds is 3. The van der Waals surface area contributed by atoms with Crippen LogP contribution < -0.4 is 16.0 Å².